The number of thioether (sulfide) groups is 1. The van der Waals surface area contributed by atoms with Crippen LogP contribution in [0.2, 0.25) is 0 Å². The minimum Gasteiger partial charge on any atom is -0.504 e. The van der Waals surface area contributed by atoms with Gasteiger partial charge < -0.3 is 10.2 Å². The molecule has 4 rings (SSSR count). The smallest absolute Gasteiger partial charge is 0.250 e. The van der Waals surface area contributed by atoms with E-state index < -0.39 is 0 Å². The summed E-state index contributed by atoms with van der Waals surface area (Å²) in [5.74, 6) is 0.271. The van der Waals surface area contributed by atoms with Crippen molar-refractivity contribution in [2.45, 2.75) is 50.2 Å². The number of aromatic nitrogens is 3. The molecule has 1 aliphatic rings. The molecule has 1 saturated carbocycles. The van der Waals surface area contributed by atoms with Crippen LogP contribution in [0.15, 0.2) is 52.7 Å². The Morgan fingerprint density at radius 3 is 2.61 bits per heavy atom. The summed E-state index contributed by atoms with van der Waals surface area (Å²) in [6.07, 6.45) is 7.19. The third kappa shape index (κ3) is 5.73. The van der Waals surface area contributed by atoms with E-state index in [-0.39, 0.29) is 23.2 Å². The molecule has 33 heavy (non-hydrogen) atoms. The molecule has 172 valence electrons. The van der Waals surface area contributed by atoms with Gasteiger partial charge in [0.2, 0.25) is 0 Å². The Morgan fingerprint density at radius 2 is 1.88 bits per heavy atom. The van der Waals surface area contributed by atoms with E-state index in [0.29, 0.717) is 11.6 Å². The zero-order valence-corrected chi connectivity index (χ0v) is 19.3. The van der Waals surface area contributed by atoms with E-state index in [1.54, 1.807) is 6.07 Å². The zero-order valence-electron chi connectivity index (χ0n) is 18.4. The largest absolute Gasteiger partial charge is 0.504 e. The number of hydrogen-bond donors (Lipinski definition) is 3. The van der Waals surface area contributed by atoms with Gasteiger partial charge >= 0.3 is 0 Å². The molecule has 1 amide bonds. The standard InChI is InChI=1S/C24H27N5O3S/c1-16-7-10-18(11-8-16)23-27-28-24(29(23)19-5-3-2-4-6-19)33-15-22(32)26-25-14-17-9-12-20(30)21(31)13-17/h7-14,19,30-31H,2-6,15H2,1H3,(H,26,32). The Kier molecular flexibility index (Phi) is 7.29. The first-order valence-corrected chi connectivity index (χ1v) is 12.0. The minimum absolute atomic E-state index is 0.150. The minimum atomic E-state index is -0.269. The number of amides is 1. The maximum atomic E-state index is 12.3. The van der Waals surface area contributed by atoms with Gasteiger partial charge in [-0.25, -0.2) is 5.43 Å². The lowest BCUT2D eigenvalue weighted by Gasteiger charge is -2.25. The van der Waals surface area contributed by atoms with Crippen molar-refractivity contribution >= 4 is 23.9 Å². The van der Waals surface area contributed by atoms with Crippen LogP contribution in [-0.2, 0) is 4.79 Å². The predicted molar refractivity (Wildman–Crippen MR) is 129 cm³/mol. The van der Waals surface area contributed by atoms with Crippen LogP contribution in [0.1, 0.15) is 49.3 Å². The monoisotopic (exact) mass is 465 g/mol. The van der Waals surface area contributed by atoms with Crippen molar-refractivity contribution in [3.05, 3.63) is 53.6 Å². The summed E-state index contributed by atoms with van der Waals surface area (Å²) in [5, 5.41) is 32.4. The highest BCUT2D eigenvalue weighted by atomic mass is 32.2. The van der Waals surface area contributed by atoms with Gasteiger partial charge in [-0.15, -0.1) is 10.2 Å². The van der Waals surface area contributed by atoms with Crippen molar-refractivity contribution in [3.63, 3.8) is 0 Å². The summed E-state index contributed by atoms with van der Waals surface area (Å²) in [6, 6.07) is 12.9. The Balaban J connectivity index is 1.44. The third-order valence-electron chi connectivity index (χ3n) is 5.65. The fourth-order valence-electron chi connectivity index (χ4n) is 3.91. The first kappa shape index (κ1) is 22.8. The molecule has 3 N–H and O–H groups in total. The fraction of sp³-hybridized carbons (Fsp3) is 0.333. The molecule has 0 atom stereocenters. The van der Waals surface area contributed by atoms with E-state index >= 15 is 0 Å². The highest BCUT2D eigenvalue weighted by Gasteiger charge is 2.24. The van der Waals surface area contributed by atoms with E-state index in [1.165, 1.54) is 54.9 Å². The van der Waals surface area contributed by atoms with Gasteiger partial charge in [-0.1, -0.05) is 60.9 Å². The van der Waals surface area contributed by atoms with E-state index in [9.17, 15) is 15.0 Å². The second-order valence-electron chi connectivity index (χ2n) is 8.16. The summed E-state index contributed by atoms with van der Waals surface area (Å²) in [4.78, 5) is 12.3. The molecule has 1 aliphatic carbocycles. The van der Waals surface area contributed by atoms with Crippen molar-refractivity contribution in [1.29, 1.82) is 0 Å². The Hall–Kier alpha value is -3.33. The molecule has 1 heterocycles. The summed E-state index contributed by atoms with van der Waals surface area (Å²) >= 11 is 1.35. The Bertz CT molecular complexity index is 1140. The maximum absolute atomic E-state index is 12.3. The van der Waals surface area contributed by atoms with Gasteiger partial charge in [0.1, 0.15) is 0 Å². The molecule has 0 radical (unpaired) electrons. The van der Waals surface area contributed by atoms with Gasteiger partial charge in [-0.3, -0.25) is 9.36 Å². The second-order valence-corrected chi connectivity index (χ2v) is 9.11. The van der Waals surface area contributed by atoms with Crippen LogP contribution >= 0.6 is 11.8 Å². The van der Waals surface area contributed by atoms with Crippen molar-refractivity contribution < 1.29 is 15.0 Å². The summed E-state index contributed by atoms with van der Waals surface area (Å²) in [7, 11) is 0. The molecule has 1 fully saturated rings. The van der Waals surface area contributed by atoms with Gasteiger partial charge in [0, 0.05) is 11.6 Å². The Morgan fingerprint density at radius 1 is 1.12 bits per heavy atom. The number of aryl methyl sites for hydroxylation is 1. The number of hydrazone groups is 1. The lowest BCUT2D eigenvalue weighted by Crippen LogP contribution is -2.20. The highest BCUT2D eigenvalue weighted by molar-refractivity contribution is 7.99. The first-order valence-electron chi connectivity index (χ1n) is 11.0. The SMILES string of the molecule is Cc1ccc(-c2nnc(SCC(=O)NN=Cc3ccc(O)c(O)c3)n2C2CCCCC2)cc1. The number of rotatable bonds is 7. The van der Waals surface area contributed by atoms with E-state index in [4.69, 9.17) is 0 Å². The third-order valence-corrected chi connectivity index (χ3v) is 6.59. The van der Waals surface area contributed by atoms with Gasteiger partial charge in [-0.05, 0) is 43.5 Å². The number of carbonyl (C=O) groups is 1. The Labute approximate surface area is 196 Å². The molecule has 0 aliphatic heterocycles. The number of hydrogen-bond acceptors (Lipinski definition) is 7. The van der Waals surface area contributed by atoms with Crippen LogP contribution in [0, 0.1) is 6.92 Å². The van der Waals surface area contributed by atoms with Gasteiger partial charge in [0.15, 0.2) is 22.5 Å². The van der Waals surface area contributed by atoms with E-state index in [0.717, 1.165) is 29.4 Å². The number of carbonyl (C=O) groups excluding carboxylic acids is 1. The topological polar surface area (TPSA) is 113 Å². The van der Waals surface area contributed by atoms with Crippen LogP contribution in [-0.4, -0.2) is 42.9 Å². The molecule has 2 aromatic carbocycles. The molecule has 0 unspecified atom stereocenters. The number of benzene rings is 2. The molecule has 0 spiro atoms. The van der Waals surface area contributed by atoms with Crippen LogP contribution < -0.4 is 5.43 Å². The number of phenols is 2. The lowest BCUT2D eigenvalue weighted by atomic mass is 9.95. The normalized spacial score (nSPS) is 14.6. The number of nitrogens with one attached hydrogen (secondary N) is 1. The average molecular weight is 466 g/mol. The van der Waals surface area contributed by atoms with E-state index in [1.807, 2.05) is 0 Å². The number of nitrogens with zero attached hydrogens (tertiary/aromatic N) is 4. The number of aromatic hydroxyl groups is 2. The quantitative estimate of drug-likeness (QED) is 0.206. The number of phenolic OH excluding ortho intramolecular Hbond substituents is 2. The van der Waals surface area contributed by atoms with Gasteiger partial charge in [0.25, 0.3) is 5.91 Å². The van der Waals surface area contributed by atoms with Crippen LogP contribution in [0.3, 0.4) is 0 Å². The van der Waals surface area contributed by atoms with Crippen molar-refractivity contribution in [2.75, 3.05) is 5.75 Å². The molecular formula is C24H27N5O3S. The van der Waals surface area contributed by atoms with Gasteiger partial charge in [-0.2, -0.15) is 5.10 Å². The molecule has 9 heteroatoms. The van der Waals surface area contributed by atoms with Crippen LogP contribution in [0.4, 0.5) is 0 Å². The average Bonchev–Trinajstić information content (AvgIpc) is 3.25. The van der Waals surface area contributed by atoms with E-state index in [2.05, 4.69) is 56.5 Å². The molecule has 3 aromatic rings. The lowest BCUT2D eigenvalue weighted by molar-refractivity contribution is -0.118. The molecule has 0 saturated heterocycles. The van der Waals surface area contributed by atoms with Crippen LogP contribution in [0.25, 0.3) is 11.4 Å². The molecular weight excluding hydrogens is 438 g/mol. The molecule has 1 aromatic heterocycles. The van der Waals surface area contributed by atoms with Crippen molar-refractivity contribution in [3.8, 4) is 22.9 Å². The van der Waals surface area contributed by atoms with Crippen LogP contribution in [0.5, 0.6) is 11.5 Å². The summed E-state index contributed by atoms with van der Waals surface area (Å²) in [6.45, 7) is 2.06. The summed E-state index contributed by atoms with van der Waals surface area (Å²) in [5.41, 5.74) is 5.26. The summed E-state index contributed by atoms with van der Waals surface area (Å²) < 4.78 is 2.20. The van der Waals surface area contributed by atoms with Gasteiger partial charge in [0.05, 0.1) is 12.0 Å². The molecule has 8 nitrogen and oxygen atoms in total. The maximum Gasteiger partial charge on any atom is 0.250 e. The second kappa shape index (κ2) is 10.5. The highest BCUT2D eigenvalue weighted by Crippen LogP contribution is 2.35. The van der Waals surface area contributed by atoms with Crippen molar-refractivity contribution in [1.82, 2.24) is 20.2 Å². The molecule has 0 bridgehead atoms. The zero-order chi connectivity index (χ0) is 23.2. The predicted octanol–water partition coefficient (Wildman–Crippen LogP) is 4.41. The first-order chi connectivity index (χ1) is 16.0. The fourth-order valence-corrected chi connectivity index (χ4v) is 4.70. The van der Waals surface area contributed by atoms with Crippen molar-refractivity contribution in [2.24, 2.45) is 5.10 Å².